The number of aromatic carboxylic acids is 1. The van der Waals surface area contributed by atoms with Crippen molar-refractivity contribution in [1.82, 2.24) is 14.5 Å². The second-order valence-electron chi connectivity index (χ2n) is 7.72. The minimum atomic E-state index is -1.06. The molecule has 31 heavy (non-hydrogen) atoms. The first kappa shape index (κ1) is 22.1. The molecule has 0 spiro atoms. The van der Waals surface area contributed by atoms with Crippen LogP contribution in [0.1, 0.15) is 54.4 Å². The Bertz CT molecular complexity index is 1120. The van der Waals surface area contributed by atoms with Gasteiger partial charge >= 0.3 is 5.97 Å². The summed E-state index contributed by atoms with van der Waals surface area (Å²) in [5.41, 5.74) is 2.02. The van der Waals surface area contributed by atoms with Crippen molar-refractivity contribution < 1.29 is 19.1 Å². The van der Waals surface area contributed by atoms with Crippen LogP contribution in [0.4, 0.5) is 0 Å². The van der Waals surface area contributed by atoms with Crippen LogP contribution in [-0.2, 0) is 11.3 Å². The van der Waals surface area contributed by atoms with E-state index < -0.39 is 11.9 Å². The lowest BCUT2D eigenvalue weighted by Gasteiger charge is -2.15. The molecule has 1 aromatic carbocycles. The number of nitriles is 1. The second-order valence-corrected chi connectivity index (χ2v) is 7.72. The summed E-state index contributed by atoms with van der Waals surface area (Å²) >= 11 is 0. The number of unbranched alkanes of at least 4 members (excludes halogenated alkanes) is 2. The van der Waals surface area contributed by atoms with E-state index in [1.165, 1.54) is 17.4 Å². The number of amides is 1. The zero-order valence-electron chi connectivity index (χ0n) is 18.0. The quantitative estimate of drug-likeness (QED) is 0.515. The number of likely N-dealkylation sites (N-methyl/N-ethyl adjacent to an activating group) is 1. The maximum Gasteiger partial charge on any atom is 0.335 e. The summed E-state index contributed by atoms with van der Waals surface area (Å²) in [7, 11) is 3.32. The average molecular weight is 422 g/mol. The van der Waals surface area contributed by atoms with Crippen molar-refractivity contribution in [2.45, 2.75) is 45.1 Å². The van der Waals surface area contributed by atoms with Gasteiger partial charge in [-0.05, 0) is 18.6 Å². The fourth-order valence-electron chi connectivity index (χ4n) is 3.77. The topological polar surface area (TPSA) is 112 Å². The number of hydrogen-bond donors (Lipinski definition) is 1. The molecule has 1 N–H and O–H groups in total. The van der Waals surface area contributed by atoms with Crippen LogP contribution in [-0.4, -0.2) is 45.5 Å². The summed E-state index contributed by atoms with van der Waals surface area (Å²) in [6.45, 7) is 2.09. The highest BCUT2D eigenvalue weighted by Crippen LogP contribution is 2.40. The van der Waals surface area contributed by atoms with Crippen LogP contribution in [0.2, 0.25) is 0 Å². The lowest BCUT2D eigenvalue weighted by Crippen LogP contribution is -2.26. The second kappa shape index (κ2) is 9.47. The third-order valence-electron chi connectivity index (χ3n) is 5.41. The molecule has 2 aromatic heterocycles. The van der Waals surface area contributed by atoms with E-state index in [-0.39, 0.29) is 18.0 Å². The predicted molar refractivity (Wildman–Crippen MR) is 116 cm³/mol. The van der Waals surface area contributed by atoms with Gasteiger partial charge in [0.15, 0.2) is 12.2 Å². The van der Waals surface area contributed by atoms with Gasteiger partial charge in [-0.15, -0.1) is 0 Å². The Balaban J connectivity index is 2.32. The molecule has 3 aromatic rings. The van der Waals surface area contributed by atoms with Crippen molar-refractivity contribution in [3.05, 3.63) is 41.9 Å². The lowest BCUT2D eigenvalue weighted by atomic mass is 9.91. The fourth-order valence-corrected chi connectivity index (χ4v) is 3.77. The molecular weight excluding hydrogens is 396 g/mol. The molecule has 8 heteroatoms. The molecule has 1 unspecified atom stereocenters. The van der Waals surface area contributed by atoms with E-state index in [0.29, 0.717) is 23.4 Å². The van der Waals surface area contributed by atoms with Gasteiger partial charge in [-0.2, -0.15) is 5.26 Å². The Morgan fingerprint density at radius 1 is 1.32 bits per heavy atom. The van der Waals surface area contributed by atoms with E-state index in [1.807, 2.05) is 0 Å². The van der Waals surface area contributed by atoms with E-state index in [4.69, 9.17) is 4.42 Å². The fraction of sp³-hybridized carbons (Fsp3) is 0.391. The monoisotopic (exact) mass is 422 g/mol. The molecule has 0 aliphatic rings. The molecule has 0 radical (unpaired) electrons. The highest BCUT2D eigenvalue weighted by atomic mass is 16.4. The minimum Gasteiger partial charge on any atom is -0.478 e. The summed E-state index contributed by atoms with van der Waals surface area (Å²) in [5, 5.41) is 20.2. The van der Waals surface area contributed by atoms with Crippen LogP contribution >= 0.6 is 0 Å². The Morgan fingerprint density at radius 3 is 2.68 bits per heavy atom. The van der Waals surface area contributed by atoms with Gasteiger partial charge in [0.2, 0.25) is 5.91 Å². The van der Waals surface area contributed by atoms with Crippen molar-refractivity contribution in [3.63, 3.8) is 0 Å². The van der Waals surface area contributed by atoms with Gasteiger partial charge in [0.05, 0.1) is 35.0 Å². The Labute approximate surface area is 180 Å². The van der Waals surface area contributed by atoms with Crippen LogP contribution in [0.15, 0.2) is 35.2 Å². The zero-order valence-corrected chi connectivity index (χ0v) is 18.0. The zero-order chi connectivity index (χ0) is 22.5. The summed E-state index contributed by atoms with van der Waals surface area (Å²) in [4.78, 5) is 29.7. The molecule has 0 aliphatic carbocycles. The molecule has 162 valence electrons. The van der Waals surface area contributed by atoms with Crippen molar-refractivity contribution >= 4 is 22.8 Å². The Kier molecular flexibility index (Phi) is 6.75. The van der Waals surface area contributed by atoms with Gasteiger partial charge in [0, 0.05) is 25.0 Å². The van der Waals surface area contributed by atoms with Gasteiger partial charge in [-0.1, -0.05) is 32.3 Å². The molecular formula is C23H26N4O4. The van der Waals surface area contributed by atoms with Crippen LogP contribution in [0, 0.1) is 11.3 Å². The molecule has 3 rings (SSSR count). The molecule has 0 saturated carbocycles. The number of hydrogen-bond acceptors (Lipinski definition) is 5. The van der Waals surface area contributed by atoms with E-state index in [0.717, 1.165) is 30.2 Å². The number of aromatic nitrogens is 2. The number of carboxylic acid groups (broad SMARTS) is 1. The van der Waals surface area contributed by atoms with Crippen molar-refractivity contribution in [2.24, 2.45) is 0 Å². The van der Waals surface area contributed by atoms with E-state index in [1.54, 1.807) is 37.0 Å². The SMILES string of the molecule is CCCCCC(C#N)c1c(-c2cnco2)n(CC(=O)N(C)C)c2cc(C(=O)O)ccc12. The van der Waals surface area contributed by atoms with Gasteiger partial charge in [-0.25, -0.2) is 9.78 Å². The van der Waals surface area contributed by atoms with E-state index >= 15 is 0 Å². The summed E-state index contributed by atoms with van der Waals surface area (Å²) in [6.07, 6.45) is 6.45. The summed E-state index contributed by atoms with van der Waals surface area (Å²) in [6, 6.07) is 7.20. The maximum absolute atomic E-state index is 12.6. The number of benzene rings is 1. The van der Waals surface area contributed by atoms with Gasteiger partial charge in [0.1, 0.15) is 6.54 Å². The number of oxazole rings is 1. The van der Waals surface area contributed by atoms with E-state index in [9.17, 15) is 20.0 Å². The summed E-state index contributed by atoms with van der Waals surface area (Å²) < 4.78 is 7.33. The Hall–Kier alpha value is -3.60. The van der Waals surface area contributed by atoms with Crippen LogP contribution < -0.4 is 0 Å². The average Bonchev–Trinajstić information content (AvgIpc) is 3.37. The van der Waals surface area contributed by atoms with E-state index in [2.05, 4.69) is 18.0 Å². The van der Waals surface area contributed by atoms with Crippen LogP contribution in [0.25, 0.3) is 22.4 Å². The van der Waals surface area contributed by atoms with Crippen LogP contribution in [0.5, 0.6) is 0 Å². The molecule has 0 bridgehead atoms. The molecule has 1 amide bonds. The number of nitrogens with zero attached hydrogens (tertiary/aromatic N) is 4. The molecule has 8 nitrogen and oxygen atoms in total. The van der Waals surface area contributed by atoms with Gasteiger partial charge < -0.3 is 19.0 Å². The minimum absolute atomic E-state index is 0.0181. The maximum atomic E-state index is 12.6. The highest BCUT2D eigenvalue weighted by molar-refractivity contribution is 5.98. The van der Waals surface area contributed by atoms with Crippen molar-refractivity contribution in [1.29, 1.82) is 5.26 Å². The third kappa shape index (κ3) is 4.45. The largest absolute Gasteiger partial charge is 0.478 e. The molecule has 2 heterocycles. The van der Waals surface area contributed by atoms with Gasteiger partial charge in [0.25, 0.3) is 0 Å². The normalized spacial score (nSPS) is 11.9. The predicted octanol–water partition coefficient (Wildman–Crippen LogP) is 4.27. The molecule has 0 saturated heterocycles. The smallest absolute Gasteiger partial charge is 0.335 e. The first-order valence-corrected chi connectivity index (χ1v) is 10.3. The molecule has 0 fully saturated rings. The Morgan fingerprint density at radius 2 is 2.10 bits per heavy atom. The lowest BCUT2D eigenvalue weighted by molar-refractivity contribution is -0.129. The third-order valence-corrected chi connectivity index (χ3v) is 5.41. The summed E-state index contributed by atoms with van der Waals surface area (Å²) in [5.74, 6) is -1.22. The van der Waals surface area contributed by atoms with Gasteiger partial charge in [-0.3, -0.25) is 4.79 Å². The number of carboxylic acids is 1. The first-order chi connectivity index (χ1) is 14.9. The van der Waals surface area contributed by atoms with Crippen molar-refractivity contribution in [2.75, 3.05) is 14.1 Å². The molecule has 1 atom stereocenters. The number of carbonyl (C=O) groups excluding carboxylic acids is 1. The van der Waals surface area contributed by atoms with Crippen LogP contribution in [0.3, 0.4) is 0 Å². The number of rotatable bonds is 9. The van der Waals surface area contributed by atoms with Crippen molar-refractivity contribution in [3.8, 4) is 17.5 Å². The number of carbonyl (C=O) groups is 2. The molecule has 0 aliphatic heterocycles. The standard InChI is InChI=1S/C23H26N4O4/c1-4-5-6-7-16(11-24)21-17-9-8-15(23(29)30)10-18(17)27(13-20(28)26(2)3)22(21)19-12-25-14-31-19/h8-10,12,14,16H,4-7,13H2,1-3H3,(H,29,30). The highest BCUT2D eigenvalue weighted by Gasteiger charge is 2.28. The number of fused-ring (bicyclic) bond motifs is 1. The first-order valence-electron chi connectivity index (χ1n) is 10.3.